The largest absolute Gasteiger partial charge is 0.371 e. The highest BCUT2D eigenvalue weighted by Gasteiger charge is 2.09. The van der Waals surface area contributed by atoms with Gasteiger partial charge in [-0.2, -0.15) is 0 Å². The van der Waals surface area contributed by atoms with Gasteiger partial charge >= 0.3 is 0 Å². The first kappa shape index (κ1) is 11.4. The quantitative estimate of drug-likeness (QED) is 0.830. The summed E-state index contributed by atoms with van der Waals surface area (Å²) in [5.41, 5.74) is 7.90. The van der Waals surface area contributed by atoms with E-state index in [1.807, 2.05) is 6.20 Å². The fraction of sp³-hybridized carbons (Fsp3) is 0.615. The van der Waals surface area contributed by atoms with Gasteiger partial charge in [0.2, 0.25) is 0 Å². The van der Waals surface area contributed by atoms with Crippen LogP contribution >= 0.6 is 0 Å². The summed E-state index contributed by atoms with van der Waals surface area (Å²) in [6.45, 7) is 2.88. The van der Waals surface area contributed by atoms with Crippen LogP contribution in [0.15, 0.2) is 18.3 Å². The minimum atomic E-state index is 0.529. The fourth-order valence-corrected chi connectivity index (χ4v) is 2.28. The molecule has 0 radical (unpaired) electrons. The molecule has 3 nitrogen and oxygen atoms in total. The van der Waals surface area contributed by atoms with Crippen LogP contribution in [0.4, 0.5) is 5.69 Å². The van der Waals surface area contributed by atoms with Crippen molar-refractivity contribution >= 4 is 5.69 Å². The lowest BCUT2D eigenvalue weighted by Crippen LogP contribution is -2.27. The predicted octanol–water partition coefficient (Wildman–Crippen LogP) is 2.31. The van der Waals surface area contributed by atoms with Crippen molar-refractivity contribution in [3.05, 3.63) is 24.0 Å². The molecule has 0 unspecified atom stereocenters. The Bertz CT molecular complexity index is 317. The molecule has 0 spiro atoms. The van der Waals surface area contributed by atoms with Gasteiger partial charge in [0.15, 0.2) is 0 Å². The Labute approximate surface area is 97.7 Å². The van der Waals surface area contributed by atoms with Gasteiger partial charge in [0.05, 0.1) is 5.69 Å². The minimum Gasteiger partial charge on any atom is -0.371 e. The Balaban J connectivity index is 2.07. The molecule has 2 N–H and O–H groups in total. The van der Waals surface area contributed by atoms with Crippen LogP contribution in [0.5, 0.6) is 0 Å². The van der Waals surface area contributed by atoms with Gasteiger partial charge in [-0.05, 0) is 25.0 Å². The smallest absolute Gasteiger partial charge is 0.0560 e. The zero-order chi connectivity index (χ0) is 11.2. The lowest BCUT2D eigenvalue weighted by molar-refractivity contribution is 0.556. The molecule has 1 aliphatic heterocycles. The first-order chi connectivity index (χ1) is 7.90. The van der Waals surface area contributed by atoms with Crippen molar-refractivity contribution in [1.29, 1.82) is 0 Å². The SMILES string of the molecule is NCc1cc(N2CCCCCCC2)ccn1. The third-order valence-electron chi connectivity index (χ3n) is 3.23. The van der Waals surface area contributed by atoms with E-state index >= 15 is 0 Å². The van der Waals surface area contributed by atoms with Gasteiger partial charge in [0.25, 0.3) is 0 Å². The van der Waals surface area contributed by atoms with Crippen molar-refractivity contribution in [2.75, 3.05) is 18.0 Å². The van der Waals surface area contributed by atoms with Gasteiger partial charge in [-0.25, -0.2) is 0 Å². The first-order valence-electron chi connectivity index (χ1n) is 6.30. The summed E-state index contributed by atoms with van der Waals surface area (Å²) in [7, 11) is 0. The maximum Gasteiger partial charge on any atom is 0.0560 e. The molecule has 1 aromatic rings. The highest BCUT2D eigenvalue weighted by Crippen LogP contribution is 2.19. The van der Waals surface area contributed by atoms with Crippen molar-refractivity contribution in [2.24, 2.45) is 5.73 Å². The number of pyridine rings is 1. The Kier molecular flexibility index (Phi) is 4.17. The standard InChI is InChI=1S/C13H21N3/c14-11-12-10-13(6-7-15-12)16-8-4-2-1-3-5-9-16/h6-7,10H,1-5,8-9,11,14H2. The number of aromatic nitrogens is 1. The average molecular weight is 219 g/mol. The minimum absolute atomic E-state index is 0.529. The zero-order valence-electron chi connectivity index (χ0n) is 9.86. The van der Waals surface area contributed by atoms with Crippen LogP contribution in [0, 0.1) is 0 Å². The van der Waals surface area contributed by atoms with E-state index in [2.05, 4.69) is 22.0 Å². The van der Waals surface area contributed by atoms with Crippen LogP contribution in [0.3, 0.4) is 0 Å². The van der Waals surface area contributed by atoms with Crippen molar-refractivity contribution in [2.45, 2.75) is 38.6 Å². The second-order valence-electron chi connectivity index (χ2n) is 4.46. The van der Waals surface area contributed by atoms with E-state index in [1.54, 1.807) is 0 Å². The Morgan fingerprint density at radius 1 is 1.12 bits per heavy atom. The summed E-state index contributed by atoms with van der Waals surface area (Å²) < 4.78 is 0. The van der Waals surface area contributed by atoms with Gasteiger partial charge in [-0.3, -0.25) is 4.98 Å². The molecule has 2 heterocycles. The Hall–Kier alpha value is -1.09. The Morgan fingerprint density at radius 3 is 2.50 bits per heavy atom. The molecule has 0 bridgehead atoms. The van der Waals surface area contributed by atoms with Gasteiger partial charge in [0, 0.05) is 31.5 Å². The second kappa shape index (κ2) is 5.85. The van der Waals surface area contributed by atoms with E-state index in [1.165, 1.54) is 50.9 Å². The maximum absolute atomic E-state index is 5.62. The summed E-state index contributed by atoms with van der Waals surface area (Å²) in [4.78, 5) is 6.72. The van der Waals surface area contributed by atoms with Crippen molar-refractivity contribution in [1.82, 2.24) is 4.98 Å². The van der Waals surface area contributed by atoms with Gasteiger partial charge in [-0.1, -0.05) is 19.3 Å². The van der Waals surface area contributed by atoms with E-state index in [4.69, 9.17) is 5.73 Å². The number of hydrogen-bond acceptors (Lipinski definition) is 3. The topological polar surface area (TPSA) is 42.1 Å². The average Bonchev–Trinajstić information content (AvgIpc) is 2.29. The highest BCUT2D eigenvalue weighted by molar-refractivity contribution is 5.46. The molecule has 88 valence electrons. The monoisotopic (exact) mass is 219 g/mol. The number of nitrogens with zero attached hydrogens (tertiary/aromatic N) is 2. The van der Waals surface area contributed by atoms with E-state index in [9.17, 15) is 0 Å². The molecule has 1 saturated heterocycles. The molecular weight excluding hydrogens is 198 g/mol. The molecule has 0 aliphatic carbocycles. The van der Waals surface area contributed by atoms with E-state index < -0.39 is 0 Å². The summed E-state index contributed by atoms with van der Waals surface area (Å²) in [6.07, 6.45) is 8.62. The number of nitrogens with two attached hydrogens (primary N) is 1. The fourth-order valence-electron chi connectivity index (χ4n) is 2.28. The van der Waals surface area contributed by atoms with E-state index in [-0.39, 0.29) is 0 Å². The third-order valence-corrected chi connectivity index (χ3v) is 3.23. The molecule has 0 aromatic carbocycles. The molecule has 3 heteroatoms. The molecule has 16 heavy (non-hydrogen) atoms. The zero-order valence-corrected chi connectivity index (χ0v) is 9.86. The molecular formula is C13H21N3. The summed E-state index contributed by atoms with van der Waals surface area (Å²) in [5, 5.41) is 0. The normalized spacial score (nSPS) is 17.9. The van der Waals surface area contributed by atoms with Crippen LogP contribution in [0.1, 0.15) is 37.8 Å². The van der Waals surface area contributed by atoms with Gasteiger partial charge in [0.1, 0.15) is 0 Å². The van der Waals surface area contributed by atoms with Crippen LogP contribution in [0.25, 0.3) is 0 Å². The lowest BCUT2D eigenvalue weighted by Gasteiger charge is -2.27. The van der Waals surface area contributed by atoms with Crippen LogP contribution in [-0.4, -0.2) is 18.1 Å². The van der Waals surface area contributed by atoms with Crippen LogP contribution in [-0.2, 0) is 6.54 Å². The lowest BCUT2D eigenvalue weighted by atomic mass is 10.1. The van der Waals surface area contributed by atoms with Gasteiger partial charge in [-0.15, -0.1) is 0 Å². The van der Waals surface area contributed by atoms with Crippen molar-refractivity contribution in [3.63, 3.8) is 0 Å². The third kappa shape index (κ3) is 2.95. The van der Waals surface area contributed by atoms with E-state index in [0.717, 1.165) is 5.69 Å². The molecule has 1 aromatic heterocycles. The maximum atomic E-state index is 5.62. The molecule has 1 aliphatic rings. The molecule has 0 saturated carbocycles. The van der Waals surface area contributed by atoms with Crippen LogP contribution in [0.2, 0.25) is 0 Å². The molecule has 1 fully saturated rings. The summed E-state index contributed by atoms with van der Waals surface area (Å²) in [6, 6.07) is 4.22. The van der Waals surface area contributed by atoms with Gasteiger partial charge < -0.3 is 10.6 Å². The van der Waals surface area contributed by atoms with Crippen LogP contribution < -0.4 is 10.6 Å². The number of anilines is 1. The van der Waals surface area contributed by atoms with Crippen molar-refractivity contribution < 1.29 is 0 Å². The second-order valence-corrected chi connectivity index (χ2v) is 4.46. The summed E-state index contributed by atoms with van der Waals surface area (Å²) >= 11 is 0. The number of rotatable bonds is 2. The van der Waals surface area contributed by atoms with Crippen molar-refractivity contribution in [3.8, 4) is 0 Å². The summed E-state index contributed by atoms with van der Waals surface area (Å²) in [5.74, 6) is 0. The highest BCUT2D eigenvalue weighted by atomic mass is 15.1. The Morgan fingerprint density at radius 2 is 1.81 bits per heavy atom. The number of hydrogen-bond donors (Lipinski definition) is 1. The van der Waals surface area contributed by atoms with E-state index in [0.29, 0.717) is 6.54 Å². The molecule has 0 amide bonds. The predicted molar refractivity (Wildman–Crippen MR) is 67.4 cm³/mol. The molecule has 2 rings (SSSR count). The molecule has 0 atom stereocenters. The first-order valence-corrected chi connectivity index (χ1v) is 6.30.